The van der Waals surface area contributed by atoms with Gasteiger partial charge in [0, 0.05) is 29.9 Å². The molecule has 20 heavy (non-hydrogen) atoms. The molecule has 1 aliphatic rings. The van der Waals surface area contributed by atoms with Crippen molar-refractivity contribution in [3.05, 3.63) is 45.2 Å². The Labute approximate surface area is 123 Å². The first kappa shape index (κ1) is 13.6. The molecule has 0 aliphatic carbocycles. The van der Waals surface area contributed by atoms with Crippen molar-refractivity contribution in [2.45, 2.75) is 26.4 Å². The lowest BCUT2D eigenvalue weighted by Gasteiger charge is -2.10. The molecule has 0 spiro atoms. The summed E-state index contributed by atoms with van der Waals surface area (Å²) in [5, 5.41) is 3.23. The summed E-state index contributed by atoms with van der Waals surface area (Å²) in [6.07, 6.45) is 0.779. The SMILES string of the molecule is CCc1nc(-c2ccc(F)c(F)c2Br)nc2c1CNC2. The molecule has 104 valence electrons. The quantitative estimate of drug-likeness (QED) is 0.852. The van der Waals surface area contributed by atoms with Gasteiger partial charge in [0.05, 0.1) is 10.2 Å². The van der Waals surface area contributed by atoms with Crippen LogP contribution in [0.3, 0.4) is 0 Å². The van der Waals surface area contributed by atoms with Crippen LogP contribution in [0.25, 0.3) is 11.4 Å². The minimum atomic E-state index is -0.914. The second-order valence-electron chi connectivity index (χ2n) is 4.60. The second kappa shape index (κ2) is 5.18. The maximum Gasteiger partial charge on any atom is 0.173 e. The highest BCUT2D eigenvalue weighted by Gasteiger charge is 2.21. The molecule has 0 saturated carbocycles. The van der Waals surface area contributed by atoms with Gasteiger partial charge >= 0.3 is 0 Å². The normalized spacial score (nSPS) is 13.6. The van der Waals surface area contributed by atoms with Crippen LogP contribution >= 0.6 is 15.9 Å². The van der Waals surface area contributed by atoms with Crippen molar-refractivity contribution in [3.63, 3.8) is 0 Å². The van der Waals surface area contributed by atoms with Crippen molar-refractivity contribution in [2.24, 2.45) is 0 Å². The zero-order chi connectivity index (χ0) is 14.3. The number of hydrogen-bond acceptors (Lipinski definition) is 3. The molecule has 0 atom stereocenters. The van der Waals surface area contributed by atoms with Crippen LogP contribution in [0.1, 0.15) is 23.9 Å². The Hall–Kier alpha value is -1.40. The van der Waals surface area contributed by atoms with E-state index in [0.29, 0.717) is 17.9 Å². The molecule has 0 saturated heterocycles. The van der Waals surface area contributed by atoms with E-state index in [1.807, 2.05) is 6.92 Å². The summed E-state index contributed by atoms with van der Waals surface area (Å²) in [4.78, 5) is 8.97. The summed E-state index contributed by atoms with van der Waals surface area (Å²) >= 11 is 3.08. The van der Waals surface area contributed by atoms with E-state index in [2.05, 4.69) is 31.2 Å². The van der Waals surface area contributed by atoms with Gasteiger partial charge in [-0.2, -0.15) is 0 Å². The fourth-order valence-corrected chi connectivity index (χ4v) is 2.85. The van der Waals surface area contributed by atoms with E-state index < -0.39 is 11.6 Å². The molecule has 6 heteroatoms. The predicted octanol–water partition coefficient (Wildman–Crippen LogP) is 3.35. The molecule has 0 unspecified atom stereocenters. The van der Waals surface area contributed by atoms with E-state index >= 15 is 0 Å². The molecule has 0 fully saturated rings. The van der Waals surface area contributed by atoms with Crippen molar-refractivity contribution >= 4 is 15.9 Å². The number of aromatic nitrogens is 2. The minimum absolute atomic E-state index is 0.0606. The highest BCUT2D eigenvalue weighted by atomic mass is 79.9. The molecule has 2 heterocycles. The number of halogens is 3. The van der Waals surface area contributed by atoms with Crippen LogP contribution in [0, 0.1) is 11.6 Å². The zero-order valence-electron chi connectivity index (χ0n) is 10.8. The van der Waals surface area contributed by atoms with Gasteiger partial charge in [-0.05, 0) is 34.5 Å². The van der Waals surface area contributed by atoms with Crippen molar-refractivity contribution in [3.8, 4) is 11.4 Å². The van der Waals surface area contributed by atoms with E-state index in [4.69, 9.17) is 0 Å². The summed E-state index contributed by atoms with van der Waals surface area (Å²) < 4.78 is 26.9. The standard InChI is InChI=1S/C14H12BrF2N3/c1-2-10-8-5-18-6-11(8)20-14(19-10)7-3-4-9(16)13(17)12(7)15/h3-4,18H,2,5-6H2,1H3. The first-order chi connectivity index (χ1) is 9.61. The van der Waals surface area contributed by atoms with E-state index in [9.17, 15) is 8.78 Å². The summed E-state index contributed by atoms with van der Waals surface area (Å²) in [5.74, 6) is -1.38. The van der Waals surface area contributed by atoms with Gasteiger partial charge in [0.2, 0.25) is 0 Å². The average Bonchev–Trinajstić information content (AvgIpc) is 2.92. The molecule has 0 radical (unpaired) electrons. The largest absolute Gasteiger partial charge is 0.307 e. The number of nitrogens with zero attached hydrogens (tertiary/aromatic N) is 2. The maximum atomic E-state index is 13.6. The zero-order valence-corrected chi connectivity index (χ0v) is 12.4. The van der Waals surface area contributed by atoms with Crippen molar-refractivity contribution in [2.75, 3.05) is 0 Å². The highest BCUT2D eigenvalue weighted by molar-refractivity contribution is 9.10. The van der Waals surface area contributed by atoms with E-state index in [1.165, 1.54) is 6.07 Å². The maximum absolute atomic E-state index is 13.6. The molecule has 0 bridgehead atoms. The Bertz CT molecular complexity index is 689. The Balaban J connectivity index is 2.18. The van der Waals surface area contributed by atoms with Crippen molar-refractivity contribution < 1.29 is 8.78 Å². The van der Waals surface area contributed by atoms with E-state index in [-0.39, 0.29) is 4.47 Å². The van der Waals surface area contributed by atoms with Crippen LogP contribution < -0.4 is 5.32 Å². The smallest absolute Gasteiger partial charge is 0.173 e. The number of fused-ring (bicyclic) bond motifs is 1. The van der Waals surface area contributed by atoms with Crippen molar-refractivity contribution in [1.29, 1.82) is 0 Å². The van der Waals surface area contributed by atoms with Gasteiger partial charge in [0.25, 0.3) is 0 Å². The topological polar surface area (TPSA) is 37.8 Å². The lowest BCUT2D eigenvalue weighted by molar-refractivity contribution is 0.504. The van der Waals surface area contributed by atoms with Crippen LogP contribution in [0.15, 0.2) is 16.6 Å². The minimum Gasteiger partial charge on any atom is -0.307 e. The molecule has 1 N–H and O–H groups in total. The van der Waals surface area contributed by atoms with Gasteiger partial charge in [-0.3, -0.25) is 0 Å². The van der Waals surface area contributed by atoms with Crippen molar-refractivity contribution in [1.82, 2.24) is 15.3 Å². The Kier molecular flexibility index (Phi) is 3.52. The van der Waals surface area contributed by atoms with Gasteiger partial charge in [-0.15, -0.1) is 0 Å². The highest BCUT2D eigenvalue weighted by Crippen LogP contribution is 2.31. The van der Waals surface area contributed by atoms with Crippen LogP contribution in [-0.4, -0.2) is 9.97 Å². The molecule has 0 amide bonds. The molecular formula is C14H12BrF2N3. The number of hydrogen-bond donors (Lipinski definition) is 1. The van der Waals surface area contributed by atoms with Gasteiger partial charge in [0.1, 0.15) is 0 Å². The molecule has 2 aromatic rings. The third-order valence-corrected chi connectivity index (χ3v) is 4.16. The summed E-state index contributed by atoms with van der Waals surface area (Å²) in [7, 11) is 0. The molecule has 3 rings (SSSR count). The third kappa shape index (κ3) is 2.13. The van der Waals surface area contributed by atoms with Crippen LogP contribution in [0.4, 0.5) is 8.78 Å². The van der Waals surface area contributed by atoms with E-state index in [0.717, 1.165) is 36.0 Å². The molecule has 1 aromatic heterocycles. The summed E-state index contributed by atoms with van der Waals surface area (Å²) in [5.41, 5.74) is 3.47. The van der Waals surface area contributed by atoms with Gasteiger partial charge in [-0.25, -0.2) is 18.7 Å². The fourth-order valence-electron chi connectivity index (χ4n) is 2.35. The lowest BCUT2D eigenvalue weighted by Crippen LogP contribution is -2.03. The Morgan fingerprint density at radius 1 is 1.25 bits per heavy atom. The Morgan fingerprint density at radius 2 is 2.05 bits per heavy atom. The average molecular weight is 340 g/mol. The van der Waals surface area contributed by atoms with Gasteiger partial charge in [0.15, 0.2) is 17.5 Å². The Morgan fingerprint density at radius 3 is 2.80 bits per heavy atom. The summed E-state index contributed by atoms with van der Waals surface area (Å²) in [6.45, 7) is 3.46. The number of aryl methyl sites for hydroxylation is 1. The third-order valence-electron chi connectivity index (χ3n) is 3.38. The second-order valence-corrected chi connectivity index (χ2v) is 5.39. The summed E-state index contributed by atoms with van der Waals surface area (Å²) in [6, 6.07) is 2.59. The first-order valence-electron chi connectivity index (χ1n) is 6.35. The monoisotopic (exact) mass is 339 g/mol. The molecule has 1 aliphatic heterocycles. The van der Waals surface area contributed by atoms with Crippen LogP contribution in [0.2, 0.25) is 0 Å². The molecule has 1 aromatic carbocycles. The molecular weight excluding hydrogens is 328 g/mol. The number of nitrogens with one attached hydrogen (secondary N) is 1. The van der Waals surface area contributed by atoms with Crippen LogP contribution in [-0.2, 0) is 19.5 Å². The van der Waals surface area contributed by atoms with E-state index in [1.54, 1.807) is 0 Å². The van der Waals surface area contributed by atoms with Crippen LogP contribution in [0.5, 0.6) is 0 Å². The van der Waals surface area contributed by atoms with Gasteiger partial charge < -0.3 is 5.32 Å². The predicted molar refractivity (Wildman–Crippen MR) is 75.0 cm³/mol. The first-order valence-corrected chi connectivity index (χ1v) is 7.14. The number of benzene rings is 1. The molecule has 3 nitrogen and oxygen atoms in total. The number of rotatable bonds is 2. The lowest BCUT2D eigenvalue weighted by atomic mass is 10.1. The van der Waals surface area contributed by atoms with Gasteiger partial charge in [-0.1, -0.05) is 6.92 Å². The fraction of sp³-hybridized carbons (Fsp3) is 0.286.